The zero-order valence-corrected chi connectivity index (χ0v) is 22.9. The SMILES string of the molecule is C=CC(=O)NC(=O)OC1CC[C@@]2(C)C(=CCC3C2CC[C@@]2(C)C3CC[C@@H]2[C@H](C)CCCC(C)C)C1. The lowest BCUT2D eigenvalue weighted by atomic mass is 9.47. The van der Waals surface area contributed by atoms with Crippen molar-refractivity contribution in [1.29, 1.82) is 0 Å². The first-order valence-electron chi connectivity index (χ1n) is 14.4. The van der Waals surface area contributed by atoms with Gasteiger partial charge in [0.25, 0.3) is 5.91 Å². The van der Waals surface area contributed by atoms with Gasteiger partial charge in [-0.1, -0.05) is 72.1 Å². The molecule has 4 aliphatic carbocycles. The van der Waals surface area contributed by atoms with E-state index in [-0.39, 0.29) is 11.5 Å². The Hall–Kier alpha value is -1.58. The van der Waals surface area contributed by atoms with Crippen molar-refractivity contribution in [3.05, 3.63) is 24.3 Å². The Morgan fingerprint density at radius 3 is 2.60 bits per heavy atom. The summed E-state index contributed by atoms with van der Waals surface area (Å²) in [6, 6.07) is 0. The van der Waals surface area contributed by atoms with Gasteiger partial charge in [-0.15, -0.1) is 0 Å². The van der Waals surface area contributed by atoms with E-state index >= 15 is 0 Å². The van der Waals surface area contributed by atoms with Gasteiger partial charge in [0.1, 0.15) is 6.10 Å². The van der Waals surface area contributed by atoms with Crippen LogP contribution in [-0.2, 0) is 9.53 Å². The maximum atomic E-state index is 12.1. The summed E-state index contributed by atoms with van der Waals surface area (Å²) in [5.74, 6) is 4.46. The van der Waals surface area contributed by atoms with E-state index in [9.17, 15) is 9.59 Å². The van der Waals surface area contributed by atoms with Gasteiger partial charge in [-0.25, -0.2) is 4.79 Å². The van der Waals surface area contributed by atoms with Gasteiger partial charge in [0.15, 0.2) is 0 Å². The first-order valence-corrected chi connectivity index (χ1v) is 14.4. The number of nitrogens with one attached hydrogen (secondary N) is 1. The molecule has 196 valence electrons. The monoisotopic (exact) mass is 483 g/mol. The quantitative estimate of drug-likeness (QED) is 0.296. The molecule has 4 rings (SSSR count). The van der Waals surface area contributed by atoms with Gasteiger partial charge in [-0.05, 0) is 97.4 Å². The van der Waals surface area contributed by atoms with Crippen molar-refractivity contribution in [3.8, 4) is 0 Å². The van der Waals surface area contributed by atoms with E-state index in [1.807, 2.05) is 0 Å². The lowest BCUT2D eigenvalue weighted by molar-refractivity contribution is -0.116. The smallest absolute Gasteiger partial charge is 0.414 e. The van der Waals surface area contributed by atoms with Gasteiger partial charge in [0.05, 0.1) is 0 Å². The molecule has 8 atom stereocenters. The topological polar surface area (TPSA) is 55.4 Å². The summed E-state index contributed by atoms with van der Waals surface area (Å²) in [5, 5.41) is 2.23. The highest BCUT2D eigenvalue weighted by atomic mass is 16.6. The van der Waals surface area contributed by atoms with E-state index in [1.54, 1.807) is 0 Å². The molecule has 0 spiro atoms. The minimum absolute atomic E-state index is 0.139. The maximum absolute atomic E-state index is 12.1. The number of ether oxygens (including phenoxy) is 1. The van der Waals surface area contributed by atoms with Crippen molar-refractivity contribution in [2.75, 3.05) is 0 Å². The molecule has 4 aliphatic rings. The summed E-state index contributed by atoms with van der Waals surface area (Å²) in [6.07, 6.45) is 16.5. The van der Waals surface area contributed by atoms with Crippen molar-refractivity contribution in [2.45, 2.75) is 111 Å². The molecule has 1 N–H and O–H groups in total. The van der Waals surface area contributed by atoms with E-state index in [4.69, 9.17) is 4.74 Å². The van der Waals surface area contributed by atoms with Crippen molar-refractivity contribution >= 4 is 12.0 Å². The van der Waals surface area contributed by atoms with Crippen molar-refractivity contribution < 1.29 is 14.3 Å². The molecule has 0 heterocycles. The molecule has 4 nitrogen and oxygen atoms in total. The molecular weight excluding hydrogens is 434 g/mol. The zero-order valence-electron chi connectivity index (χ0n) is 22.9. The van der Waals surface area contributed by atoms with E-state index in [0.29, 0.717) is 5.41 Å². The van der Waals surface area contributed by atoms with E-state index in [0.717, 1.165) is 60.8 Å². The fourth-order valence-corrected chi connectivity index (χ4v) is 9.09. The van der Waals surface area contributed by atoms with Gasteiger partial charge < -0.3 is 4.74 Å². The highest BCUT2D eigenvalue weighted by Crippen LogP contribution is 2.67. The normalized spacial score (nSPS) is 39.0. The number of imide groups is 1. The molecule has 0 aromatic rings. The molecule has 0 saturated heterocycles. The van der Waals surface area contributed by atoms with Crippen LogP contribution in [0.15, 0.2) is 24.3 Å². The van der Waals surface area contributed by atoms with Crippen LogP contribution in [0.5, 0.6) is 0 Å². The molecule has 0 aromatic heterocycles. The van der Waals surface area contributed by atoms with Crippen molar-refractivity contribution in [1.82, 2.24) is 5.32 Å². The van der Waals surface area contributed by atoms with Crippen LogP contribution in [0.1, 0.15) is 105 Å². The summed E-state index contributed by atoms with van der Waals surface area (Å²) in [5.41, 5.74) is 2.24. The Morgan fingerprint density at radius 1 is 1.11 bits per heavy atom. The van der Waals surface area contributed by atoms with Crippen molar-refractivity contribution in [2.24, 2.45) is 46.3 Å². The third-order valence-electron chi connectivity index (χ3n) is 10.9. The molecule has 35 heavy (non-hydrogen) atoms. The molecule has 0 aliphatic heterocycles. The molecule has 4 unspecified atom stereocenters. The van der Waals surface area contributed by atoms with Gasteiger partial charge in [0, 0.05) is 6.42 Å². The second-order valence-corrected chi connectivity index (χ2v) is 13.3. The highest BCUT2D eigenvalue weighted by molar-refractivity contribution is 5.98. The molecule has 3 saturated carbocycles. The summed E-state index contributed by atoms with van der Waals surface area (Å²) in [4.78, 5) is 23.5. The number of hydrogen-bond acceptors (Lipinski definition) is 3. The van der Waals surface area contributed by atoms with Crippen molar-refractivity contribution in [3.63, 3.8) is 0 Å². The predicted octanol–water partition coefficient (Wildman–Crippen LogP) is 7.84. The summed E-state index contributed by atoms with van der Waals surface area (Å²) < 4.78 is 5.61. The Balaban J connectivity index is 1.42. The number of fused-ring (bicyclic) bond motifs is 5. The van der Waals surface area contributed by atoms with Crippen LogP contribution < -0.4 is 5.32 Å². The summed E-state index contributed by atoms with van der Waals surface area (Å²) in [6.45, 7) is 15.8. The van der Waals surface area contributed by atoms with Gasteiger partial charge in [0.2, 0.25) is 0 Å². The van der Waals surface area contributed by atoms with Crippen LogP contribution in [0.3, 0.4) is 0 Å². The molecule has 3 fully saturated rings. The van der Waals surface area contributed by atoms with Crippen LogP contribution >= 0.6 is 0 Å². The Kier molecular flexibility index (Phi) is 7.88. The first kappa shape index (κ1) is 26.5. The molecular formula is C31H49NO3. The van der Waals surface area contributed by atoms with Gasteiger partial charge in [-0.2, -0.15) is 0 Å². The molecule has 2 amide bonds. The zero-order chi connectivity index (χ0) is 25.4. The van der Waals surface area contributed by atoms with Crippen LogP contribution in [0, 0.1) is 46.3 Å². The van der Waals surface area contributed by atoms with E-state index < -0.39 is 12.0 Å². The lowest BCUT2D eigenvalue weighted by Gasteiger charge is -2.58. The average Bonchev–Trinajstić information content (AvgIpc) is 3.16. The number of alkyl carbamates (subject to hydrolysis) is 1. The molecule has 0 bridgehead atoms. The Bertz CT molecular complexity index is 846. The van der Waals surface area contributed by atoms with Crippen LogP contribution in [0.25, 0.3) is 0 Å². The van der Waals surface area contributed by atoms with Crippen LogP contribution in [-0.4, -0.2) is 18.1 Å². The predicted molar refractivity (Wildman–Crippen MR) is 142 cm³/mol. The molecule has 0 radical (unpaired) electrons. The second-order valence-electron chi connectivity index (χ2n) is 13.3. The number of carbonyl (C=O) groups is 2. The number of hydrogen-bond donors (Lipinski definition) is 1. The number of carbonyl (C=O) groups excluding carboxylic acids is 2. The number of rotatable bonds is 7. The number of amides is 2. The van der Waals surface area contributed by atoms with Crippen LogP contribution in [0.4, 0.5) is 4.79 Å². The number of allylic oxidation sites excluding steroid dienone is 1. The Labute approximate surface area is 213 Å². The third-order valence-corrected chi connectivity index (χ3v) is 10.9. The Morgan fingerprint density at radius 2 is 1.89 bits per heavy atom. The lowest BCUT2D eigenvalue weighted by Crippen LogP contribution is -2.51. The van der Waals surface area contributed by atoms with Gasteiger partial charge in [-0.3, -0.25) is 10.1 Å². The fourth-order valence-electron chi connectivity index (χ4n) is 9.09. The third kappa shape index (κ3) is 5.14. The summed E-state index contributed by atoms with van der Waals surface area (Å²) >= 11 is 0. The van der Waals surface area contributed by atoms with E-state index in [1.165, 1.54) is 56.9 Å². The van der Waals surface area contributed by atoms with E-state index in [2.05, 4.69) is 52.6 Å². The minimum Gasteiger partial charge on any atom is -0.446 e. The first-order chi connectivity index (χ1) is 16.6. The average molecular weight is 484 g/mol. The second kappa shape index (κ2) is 10.4. The molecule has 4 heteroatoms. The largest absolute Gasteiger partial charge is 0.446 e. The highest BCUT2D eigenvalue weighted by Gasteiger charge is 2.59. The molecule has 0 aromatic carbocycles. The minimum atomic E-state index is -0.647. The standard InChI is InChI=1S/C31H49NO3/c1-7-28(33)32-29(34)35-23-15-17-30(5)22(19-23)11-12-24-26-14-13-25(21(4)10-8-9-20(2)3)31(26,6)18-16-27(24)30/h7,11,20-21,23-27H,1,8-10,12-19H2,2-6H3,(H,32,33,34)/t21-,23?,24?,25-,26?,27?,30+,31-/m1/s1. The maximum Gasteiger partial charge on any atom is 0.414 e. The van der Waals surface area contributed by atoms with Crippen LogP contribution in [0.2, 0.25) is 0 Å². The fraction of sp³-hybridized carbons (Fsp3) is 0.806. The summed E-state index contributed by atoms with van der Waals surface area (Å²) in [7, 11) is 0. The van der Waals surface area contributed by atoms with Gasteiger partial charge >= 0.3 is 6.09 Å².